The van der Waals surface area contributed by atoms with E-state index < -0.39 is 0 Å². The summed E-state index contributed by atoms with van der Waals surface area (Å²) >= 11 is 1.81. The summed E-state index contributed by atoms with van der Waals surface area (Å²) < 4.78 is 0. The molecule has 21 heavy (non-hydrogen) atoms. The Morgan fingerprint density at radius 2 is 2.14 bits per heavy atom. The number of aromatic nitrogens is 1. The van der Waals surface area contributed by atoms with Gasteiger partial charge in [-0.1, -0.05) is 34.1 Å². The SMILES string of the molecule is CCC(C)C1CNC(CC)(CC)CN1Cc1nc(C)cs1. The Labute approximate surface area is 134 Å². The highest BCUT2D eigenvalue weighted by Crippen LogP contribution is 2.28. The fourth-order valence-electron chi connectivity index (χ4n) is 3.39. The van der Waals surface area contributed by atoms with Crippen molar-refractivity contribution in [2.45, 2.75) is 72.0 Å². The first-order valence-electron chi connectivity index (χ1n) is 8.43. The van der Waals surface area contributed by atoms with Crippen molar-refractivity contribution < 1.29 is 0 Å². The predicted octanol–water partition coefficient (Wildman–Crippen LogP) is 3.83. The minimum atomic E-state index is 0.288. The van der Waals surface area contributed by atoms with Crippen molar-refractivity contribution in [1.29, 1.82) is 0 Å². The minimum Gasteiger partial charge on any atom is -0.308 e. The Kier molecular flexibility index (Phi) is 5.81. The molecule has 120 valence electrons. The summed E-state index contributed by atoms with van der Waals surface area (Å²) in [6, 6.07) is 0.630. The van der Waals surface area contributed by atoms with Crippen LogP contribution in [-0.4, -0.2) is 34.6 Å². The Hall–Kier alpha value is -0.450. The molecule has 0 aliphatic carbocycles. The van der Waals surface area contributed by atoms with Crippen LogP contribution in [0, 0.1) is 12.8 Å². The highest BCUT2D eigenvalue weighted by atomic mass is 32.1. The zero-order valence-corrected chi connectivity index (χ0v) is 15.1. The lowest BCUT2D eigenvalue weighted by atomic mass is 9.85. The van der Waals surface area contributed by atoms with Crippen molar-refractivity contribution in [1.82, 2.24) is 15.2 Å². The van der Waals surface area contributed by atoms with E-state index in [2.05, 4.69) is 55.2 Å². The molecule has 2 atom stereocenters. The molecule has 2 rings (SSSR count). The molecule has 0 radical (unpaired) electrons. The molecule has 1 aromatic heterocycles. The standard InChI is InChI=1S/C17H31N3S/c1-6-13(4)15-9-18-17(7-2,8-3)12-20(15)10-16-19-14(5)11-21-16/h11,13,15,18H,6-10,12H2,1-5H3. The molecular weight excluding hydrogens is 278 g/mol. The average Bonchev–Trinajstić information content (AvgIpc) is 2.91. The summed E-state index contributed by atoms with van der Waals surface area (Å²) in [7, 11) is 0. The molecule has 0 amide bonds. The molecule has 3 nitrogen and oxygen atoms in total. The topological polar surface area (TPSA) is 28.2 Å². The van der Waals surface area contributed by atoms with Gasteiger partial charge in [-0.05, 0) is 25.7 Å². The molecule has 1 N–H and O–H groups in total. The lowest BCUT2D eigenvalue weighted by Gasteiger charge is -2.49. The third kappa shape index (κ3) is 3.85. The van der Waals surface area contributed by atoms with E-state index in [0.717, 1.165) is 31.2 Å². The molecule has 4 heteroatoms. The number of rotatable bonds is 6. The minimum absolute atomic E-state index is 0.288. The lowest BCUT2D eigenvalue weighted by Crippen LogP contribution is -2.64. The fourth-order valence-corrected chi connectivity index (χ4v) is 4.19. The molecular formula is C17H31N3S. The molecule has 1 aliphatic rings. The largest absolute Gasteiger partial charge is 0.308 e. The molecule has 2 unspecified atom stereocenters. The molecule has 0 bridgehead atoms. The van der Waals surface area contributed by atoms with E-state index in [-0.39, 0.29) is 5.54 Å². The van der Waals surface area contributed by atoms with E-state index in [9.17, 15) is 0 Å². The fraction of sp³-hybridized carbons (Fsp3) is 0.824. The van der Waals surface area contributed by atoms with Crippen LogP contribution in [-0.2, 0) is 6.54 Å². The van der Waals surface area contributed by atoms with Gasteiger partial charge in [0.2, 0.25) is 0 Å². The van der Waals surface area contributed by atoms with Crippen molar-refractivity contribution in [2.75, 3.05) is 13.1 Å². The van der Waals surface area contributed by atoms with E-state index in [4.69, 9.17) is 0 Å². The first kappa shape index (κ1) is 16.9. The number of nitrogens with one attached hydrogen (secondary N) is 1. The van der Waals surface area contributed by atoms with Crippen molar-refractivity contribution >= 4 is 11.3 Å². The summed E-state index contributed by atoms with van der Waals surface area (Å²) in [4.78, 5) is 7.37. The number of thiazole rings is 1. The van der Waals surface area contributed by atoms with Gasteiger partial charge < -0.3 is 5.32 Å². The third-order valence-corrected chi connectivity index (χ3v) is 6.27. The number of aryl methyl sites for hydroxylation is 1. The number of nitrogens with zero attached hydrogens (tertiary/aromatic N) is 2. The lowest BCUT2D eigenvalue weighted by molar-refractivity contribution is 0.0394. The zero-order valence-electron chi connectivity index (χ0n) is 14.3. The molecule has 0 aromatic carbocycles. The van der Waals surface area contributed by atoms with Crippen LogP contribution in [0.5, 0.6) is 0 Å². The van der Waals surface area contributed by atoms with E-state index in [1.165, 1.54) is 24.3 Å². The van der Waals surface area contributed by atoms with Crippen LogP contribution in [0.2, 0.25) is 0 Å². The van der Waals surface area contributed by atoms with Crippen LogP contribution in [0.25, 0.3) is 0 Å². The monoisotopic (exact) mass is 309 g/mol. The maximum Gasteiger partial charge on any atom is 0.107 e. The maximum atomic E-state index is 4.68. The summed E-state index contributed by atoms with van der Waals surface area (Å²) in [6.45, 7) is 14.7. The molecule has 0 spiro atoms. The molecule has 1 aliphatic heterocycles. The van der Waals surface area contributed by atoms with Gasteiger partial charge in [-0.15, -0.1) is 11.3 Å². The number of hydrogen-bond acceptors (Lipinski definition) is 4. The highest BCUT2D eigenvalue weighted by Gasteiger charge is 2.38. The predicted molar refractivity (Wildman–Crippen MR) is 91.8 cm³/mol. The second kappa shape index (κ2) is 7.21. The van der Waals surface area contributed by atoms with Crippen LogP contribution >= 0.6 is 11.3 Å². The third-order valence-electron chi connectivity index (χ3n) is 5.32. The first-order chi connectivity index (χ1) is 10.0. The van der Waals surface area contributed by atoms with E-state index in [0.29, 0.717) is 6.04 Å². The Balaban J connectivity index is 2.16. The summed E-state index contributed by atoms with van der Waals surface area (Å²) in [5, 5.41) is 7.30. The van der Waals surface area contributed by atoms with Gasteiger partial charge in [-0.25, -0.2) is 4.98 Å². The van der Waals surface area contributed by atoms with Gasteiger partial charge in [0.05, 0.1) is 6.54 Å². The van der Waals surface area contributed by atoms with Crippen molar-refractivity contribution in [2.24, 2.45) is 5.92 Å². The van der Waals surface area contributed by atoms with Crippen LogP contribution < -0.4 is 5.32 Å². The summed E-state index contributed by atoms with van der Waals surface area (Å²) in [5.74, 6) is 0.727. The van der Waals surface area contributed by atoms with Gasteiger partial charge >= 0.3 is 0 Å². The first-order valence-corrected chi connectivity index (χ1v) is 9.31. The Morgan fingerprint density at radius 1 is 1.43 bits per heavy atom. The average molecular weight is 310 g/mol. The Morgan fingerprint density at radius 3 is 2.67 bits per heavy atom. The van der Waals surface area contributed by atoms with Crippen LogP contribution in [0.4, 0.5) is 0 Å². The van der Waals surface area contributed by atoms with Crippen LogP contribution in [0.3, 0.4) is 0 Å². The van der Waals surface area contributed by atoms with Gasteiger partial charge in [0.15, 0.2) is 0 Å². The maximum absolute atomic E-state index is 4.68. The normalized spacial score (nSPS) is 24.1. The molecule has 1 fully saturated rings. The Bertz CT molecular complexity index is 439. The van der Waals surface area contributed by atoms with E-state index >= 15 is 0 Å². The second-order valence-corrected chi connectivity index (χ2v) is 7.55. The molecule has 0 saturated carbocycles. The van der Waals surface area contributed by atoms with Gasteiger partial charge in [0.25, 0.3) is 0 Å². The van der Waals surface area contributed by atoms with Gasteiger partial charge in [0, 0.05) is 35.7 Å². The zero-order chi connectivity index (χ0) is 15.5. The number of piperazine rings is 1. The molecule has 1 aromatic rings. The van der Waals surface area contributed by atoms with Crippen molar-refractivity contribution in [3.05, 3.63) is 16.1 Å². The summed E-state index contributed by atoms with van der Waals surface area (Å²) in [6.07, 6.45) is 3.64. The smallest absolute Gasteiger partial charge is 0.107 e. The molecule has 1 saturated heterocycles. The van der Waals surface area contributed by atoms with Crippen LogP contribution in [0.15, 0.2) is 5.38 Å². The molecule has 2 heterocycles. The van der Waals surface area contributed by atoms with Gasteiger partial charge in [0.1, 0.15) is 5.01 Å². The van der Waals surface area contributed by atoms with E-state index in [1.807, 2.05) is 0 Å². The van der Waals surface area contributed by atoms with Crippen LogP contribution in [0.1, 0.15) is 57.7 Å². The van der Waals surface area contributed by atoms with Crippen molar-refractivity contribution in [3.63, 3.8) is 0 Å². The quantitative estimate of drug-likeness (QED) is 0.865. The second-order valence-electron chi connectivity index (χ2n) is 6.61. The van der Waals surface area contributed by atoms with E-state index in [1.54, 1.807) is 11.3 Å². The van der Waals surface area contributed by atoms with Crippen molar-refractivity contribution in [3.8, 4) is 0 Å². The van der Waals surface area contributed by atoms with Gasteiger partial charge in [-0.3, -0.25) is 4.90 Å². The number of hydrogen-bond donors (Lipinski definition) is 1. The van der Waals surface area contributed by atoms with Gasteiger partial charge in [-0.2, -0.15) is 0 Å². The summed E-state index contributed by atoms with van der Waals surface area (Å²) in [5.41, 5.74) is 1.44. The highest BCUT2D eigenvalue weighted by molar-refractivity contribution is 7.09.